The molecule has 1 aromatic rings. The van der Waals surface area contributed by atoms with Crippen molar-refractivity contribution in [3.8, 4) is 0 Å². The number of aliphatic hydroxyl groups is 1. The van der Waals surface area contributed by atoms with E-state index in [-0.39, 0.29) is 6.10 Å². The normalized spacial score (nSPS) is 19.9. The third-order valence-electron chi connectivity index (χ3n) is 4.07. The molecule has 0 aromatic heterocycles. The summed E-state index contributed by atoms with van der Waals surface area (Å²) in [6.07, 6.45) is 3.09. The number of piperidine rings is 1. The van der Waals surface area contributed by atoms with Gasteiger partial charge >= 0.3 is 0 Å². The zero-order valence-corrected chi connectivity index (χ0v) is 11.2. The summed E-state index contributed by atoms with van der Waals surface area (Å²) < 4.78 is 0. The van der Waals surface area contributed by atoms with Crippen molar-refractivity contribution in [3.05, 3.63) is 29.8 Å². The molecule has 0 amide bonds. The van der Waals surface area contributed by atoms with E-state index in [0.717, 1.165) is 44.6 Å². The van der Waals surface area contributed by atoms with Gasteiger partial charge in [-0.2, -0.15) is 0 Å². The second-order valence-corrected chi connectivity index (χ2v) is 5.37. The summed E-state index contributed by atoms with van der Waals surface area (Å²) in [5, 5.41) is 9.57. The topological polar surface area (TPSA) is 49.5 Å². The maximum absolute atomic E-state index is 9.57. The Labute approximate surface area is 110 Å². The molecule has 1 unspecified atom stereocenters. The third-order valence-corrected chi connectivity index (χ3v) is 4.07. The Morgan fingerprint density at radius 3 is 2.61 bits per heavy atom. The molecule has 0 radical (unpaired) electrons. The molecular weight excluding hydrogens is 224 g/mol. The largest absolute Gasteiger partial charge is 0.399 e. The van der Waals surface area contributed by atoms with Crippen molar-refractivity contribution in [2.45, 2.75) is 32.3 Å². The second-order valence-electron chi connectivity index (χ2n) is 5.37. The number of anilines is 1. The van der Waals surface area contributed by atoms with Gasteiger partial charge in [-0.05, 0) is 56.8 Å². The van der Waals surface area contributed by atoms with Crippen LogP contribution in [0.5, 0.6) is 0 Å². The highest BCUT2D eigenvalue weighted by atomic mass is 16.3. The highest BCUT2D eigenvalue weighted by molar-refractivity contribution is 5.46. The van der Waals surface area contributed by atoms with Gasteiger partial charge in [0.25, 0.3) is 0 Å². The predicted octanol–water partition coefficient (Wildman–Crippen LogP) is 1.90. The molecule has 0 bridgehead atoms. The zero-order chi connectivity index (χ0) is 13.0. The highest BCUT2D eigenvalue weighted by Gasteiger charge is 2.22. The van der Waals surface area contributed by atoms with Crippen molar-refractivity contribution in [3.63, 3.8) is 0 Å². The maximum atomic E-state index is 9.57. The molecule has 1 aliphatic rings. The van der Waals surface area contributed by atoms with E-state index in [1.54, 1.807) is 0 Å². The fraction of sp³-hybridized carbons (Fsp3) is 0.600. The van der Waals surface area contributed by atoms with Gasteiger partial charge < -0.3 is 15.7 Å². The molecule has 1 saturated heterocycles. The van der Waals surface area contributed by atoms with Crippen LogP contribution in [0.1, 0.15) is 25.3 Å². The number of nitrogens with zero attached hydrogens (tertiary/aromatic N) is 1. The van der Waals surface area contributed by atoms with E-state index in [1.165, 1.54) is 5.56 Å². The Morgan fingerprint density at radius 2 is 2.00 bits per heavy atom. The fourth-order valence-electron chi connectivity index (χ4n) is 2.70. The molecule has 1 aliphatic heterocycles. The molecule has 0 spiro atoms. The summed E-state index contributed by atoms with van der Waals surface area (Å²) in [6, 6.07) is 8.10. The number of rotatable bonds is 4. The van der Waals surface area contributed by atoms with Gasteiger partial charge in [-0.25, -0.2) is 0 Å². The van der Waals surface area contributed by atoms with Crippen LogP contribution in [0.15, 0.2) is 24.3 Å². The summed E-state index contributed by atoms with van der Waals surface area (Å²) >= 11 is 0. The summed E-state index contributed by atoms with van der Waals surface area (Å²) in [7, 11) is 0. The van der Waals surface area contributed by atoms with Crippen molar-refractivity contribution in [2.75, 3.05) is 25.4 Å². The van der Waals surface area contributed by atoms with E-state index in [4.69, 9.17) is 5.73 Å². The molecule has 100 valence electrons. The standard InChI is InChI=1S/C15H24N2O/c1-12(18)13-6-9-17(10-7-13)11-8-14-4-2-3-5-15(14)16/h2-5,12-13,18H,6-11,16H2,1H3. The third kappa shape index (κ3) is 3.47. The van der Waals surface area contributed by atoms with Crippen molar-refractivity contribution >= 4 is 5.69 Å². The van der Waals surface area contributed by atoms with E-state index < -0.39 is 0 Å². The van der Waals surface area contributed by atoms with Crippen LogP contribution in [0.3, 0.4) is 0 Å². The van der Waals surface area contributed by atoms with Crippen molar-refractivity contribution in [2.24, 2.45) is 5.92 Å². The number of hydrogen-bond acceptors (Lipinski definition) is 3. The van der Waals surface area contributed by atoms with Crippen LogP contribution in [0, 0.1) is 5.92 Å². The molecule has 3 N–H and O–H groups in total. The lowest BCUT2D eigenvalue weighted by molar-refractivity contribution is 0.0723. The van der Waals surface area contributed by atoms with Crippen LogP contribution in [-0.2, 0) is 6.42 Å². The molecule has 0 aliphatic carbocycles. The van der Waals surface area contributed by atoms with Crippen LogP contribution in [0.2, 0.25) is 0 Å². The fourth-order valence-corrected chi connectivity index (χ4v) is 2.70. The average molecular weight is 248 g/mol. The smallest absolute Gasteiger partial charge is 0.0541 e. The minimum absolute atomic E-state index is 0.156. The molecule has 1 fully saturated rings. The van der Waals surface area contributed by atoms with E-state index >= 15 is 0 Å². The van der Waals surface area contributed by atoms with E-state index in [2.05, 4.69) is 11.0 Å². The predicted molar refractivity (Wildman–Crippen MR) is 75.4 cm³/mol. The Bertz CT molecular complexity index is 371. The number of para-hydroxylation sites is 1. The molecule has 1 aromatic carbocycles. The summed E-state index contributed by atoms with van der Waals surface area (Å²) in [5.74, 6) is 0.489. The first-order chi connectivity index (χ1) is 8.66. The monoisotopic (exact) mass is 248 g/mol. The number of likely N-dealkylation sites (tertiary alicyclic amines) is 1. The second kappa shape index (κ2) is 6.21. The van der Waals surface area contributed by atoms with E-state index in [9.17, 15) is 5.11 Å². The Kier molecular flexibility index (Phi) is 4.61. The average Bonchev–Trinajstić information content (AvgIpc) is 2.38. The maximum Gasteiger partial charge on any atom is 0.0541 e. The van der Waals surface area contributed by atoms with Gasteiger partial charge in [0.1, 0.15) is 0 Å². The van der Waals surface area contributed by atoms with Crippen LogP contribution in [0.4, 0.5) is 5.69 Å². The minimum atomic E-state index is -0.156. The summed E-state index contributed by atoms with van der Waals surface area (Å²) in [6.45, 7) is 5.18. The molecule has 1 atom stereocenters. The first kappa shape index (κ1) is 13.4. The number of aliphatic hydroxyl groups excluding tert-OH is 1. The van der Waals surface area contributed by atoms with E-state index in [1.807, 2.05) is 25.1 Å². The van der Waals surface area contributed by atoms with Gasteiger partial charge in [0.2, 0.25) is 0 Å². The van der Waals surface area contributed by atoms with Crippen molar-refractivity contribution in [1.82, 2.24) is 4.90 Å². The SMILES string of the molecule is CC(O)C1CCN(CCc2ccccc2N)CC1. The summed E-state index contributed by atoms with van der Waals surface area (Å²) in [5.41, 5.74) is 8.09. The van der Waals surface area contributed by atoms with Gasteiger partial charge in [0.15, 0.2) is 0 Å². The lowest BCUT2D eigenvalue weighted by atomic mass is 9.92. The number of benzene rings is 1. The van der Waals surface area contributed by atoms with Gasteiger partial charge in [-0.1, -0.05) is 18.2 Å². The molecule has 3 nitrogen and oxygen atoms in total. The number of nitrogen functional groups attached to an aromatic ring is 1. The zero-order valence-electron chi connectivity index (χ0n) is 11.2. The molecule has 3 heteroatoms. The van der Waals surface area contributed by atoms with Crippen LogP contribution in [-0.4, -0.2) is 35.7 Å². The van der Waals surface area contributed by atoms with Gasteiger partial charge in [-0.3, -0.25) is 0 Å². The van der Waals surface area contributed by atoms with Crippen LogP contribution in [0.25, 0.3) is 0 Å². The lowest BCUT2D eigenvalue weighted by Gasteiger charge is -2.33. The molecule has 1 heterocycles. The molecular formula is C15H24N2O. The van der Waals surface area contributed by atoms with Crippen LogP contribution < -0.4 is 5.73 Å². The van der Waals surface area contributed by atoms with Crippen LogP contribution >= 0.6 is 0 Å². The highest BCUT2D eigenvalue weighted by Crippen LogP contribution is 2.21. The molecule has 0 saturated carbocycles. The lowest BCUT2D eigenvalue weighted by Crippen LogP contribution is -2.38. The number of nitrogens with two attached hydrogens (primary N) is 1. The Balaban J connectivity index is 1.77. The van der Waals surface area contributed by atoms with Gasteiger partial charge in [0, 0.05) is 12.2 Å². The Morgan fingerprint density at radius 1 is 1.33 bits per heavy atom. The van der Waals surface area contributed by atoms with E-state index in [0.29, 0.717) is 5.92 Å². The molecule has 18 heavy (non-hydrogen) atoms. The van der Waals surface area contributed by atoms with Gasteiger partial charge in [0.05, 0.1) is 6.10 Å². The number of hydrogen-bond donors (Lipinski definition) is 2. The summed E-state index contributed by atoms with van der Waals surface area (Å²) in [4.78, 5) is 2.48. The Hall–Kier alpha value is -1.06. The first-order valence-corrected chi connectivity index (χ1v) is 6.90. The van der Waals surface area contributed by atoms with Crippen molar-refractivity contribution < 1.29 is 5.11 Å². The van der Waals surface area contributed by atoms with Crippen molar-refractivity contribution in [1.29, 1.82) is 0 Å². The minimum Gasteiger partial charge on any atom is -0.399 e. The quantitative estimate of drug-likeness (QED) is 0.800. The van der Waals surface area contributed by atoms with Gasteiger partial charge in [-0.15, -0.1) is 0 Å². The molecule has 2 rings (SSSR count). The first-order valence-electron chi connectivity index (χ1n) is 6.90.